The third-order valence-corrected chi connectivity index (χ3v) is 2.67. The predicted molar refractivity (Wildman–Crippen MR) is 49.9 cm³/mol. The van der Waals surface area contributed by atoms with Crippen molar-refractivity contribution in [2.24, 2.45) is 0 Å². The van der Waals surface area contributed by atoms with Crippen LogP contribution in [0.4, 0.5) is 0 Å². The highest BCUT2D eigenvalue weighted by molar-refractivity contribution is 7.09. The number of hydrogen-bond donors (Lipinski definition) is 1. The highest BCUT2D eigenvalue weighted by Gasteiger charge is 2.20. The molecular formula is C9H10N2S. The van der Waals surface area contributed by atoms with Crippen molar-refractivity contribution in [2.45, 2.75) is 25.4 Å². The van der Waals surface area contributed by atoms with Crippen LogP contribution in [0.2, 0.25) is 0 Å². The van der Waals surface area contributed by atoms with Crippen molar-refractivity contribution in [3.05, 3.63) is 16.1 Å². The molecule has 1 fully saturated rings. The molecule has 2 nitrogen and oxygen atoms in total. The van der Waals surface area contributed by atoms with Gasteiger partial charge in [-0.1, -0.05) is 0 Å². The van der Waals surface area contributed by atoms with Crippen LogP contribution in [0.1, 0.15) is 23.5 Å². The minimum absolute atomic E-state index is 0.739. The summed E-state index contributed by atoms with van der Waals surface area (Å²) in [6.07, 6.45) is 7.83. The van der Waals surface area contributed by atoms with Crippen molar-refractivity contribution in [3.8, 4) is 12.3 Å². The van der Waals surface area contributed by atoms with Crippen molar-refractivity contribution in [1.82, 2.24) is 10.3 Å². The summed E-state index contributed by atoms with van der Waals surface area (Å²) < 4.78 is 0. The smallest absolute Gasteiger partial charge is 0.124 e. The first kappa shape index (κ1) is 7.78. The molecule has 1 aliphatic carbocycles. The molecule has 62 valence electrons. The molecule has 1 heterocycles. The largest absolute Gasteiger partial charge is 0.308 e. The summed E-state index contributed by atoms with van der Waals surface area (Å²) >= 11 is 1.63. The monoisotopic (exact) mass is 178 g/mol. The van der Waals surface area contributed by atoms with Gasteiger partial charge in [-0.3, -0.25) is 0 Å². The van der Waals surface area contributed by atoms with E-state index in [9.17, 15) is 0 Å². The van der Waals surface area contributed by atoms with Gasteiger partial charge in [0.1, 0.15) is 10.7 Å². The van der Waals surface area contributed by atoms with E-state index in [2.05, 4.69) is 16.2 Å². The Morgan fingerprint density at radius 3 is 3.17 bits per heavy atom. The van der Waals surface area contributed by atoms with E-state index in [0.717, 1.165) is 23.3 Å². The second kappa shape index (κ2) is 3.26. The summed E-state index contributed by atoms with van der Waals surface area (Å²) in [5.41, 5.74) is 0.757. The lowest BCUT2D eigenvalue weighted by Crippen LogP contribution is -2.14. The van der Waals surface area contributed by atoms with Crippen LogP contribution in [0.3, 0.4) is 0 Å². The second-order valence-corrected chi connectivity index (χ2v) is 3.87. The van der Waals surface area contributed by atoms with Gasteiger partial charge >= 0.3 is 0 Å². The lowest BCUT2D eigenvalue weighted by Gasteiger charge is -1.96. The molecule has 0 bridgehead atoms. The van der Waals surface area contributed by atoms with Crippen LogP contribution in [0.5, 0.6) is 0 Å². The highest BCUT2D eigenvalue weighted by atomic mass is 32.1. The van der Waals surface area contributed by atoms with Crippen LogP contribution in [-0.4, -0.2) is 11.0 Å². The molecule has 0 atom stereocenters. The van der Waals surface area contributed by atoms with E-state index in [1.807, 2.05) is 5.38 Å². The van der Waals surface area contributed by atoms with Gasteiger partial charge in [-0.15, -0.1) is 17.8 Å². The summed E-state index contributed by atoms with van der Waals surface area (Å²) in [5.74, 6) is 2.52. The first-order chi connectivity index (χ1) is 5.88. The molecule has 1 aromatic heterocycles. The van der Waals surface area contributed by atoms with Crippen LogP contribution in [0.15, 0.2) is 5.38 Å². The Morgan fingerprint density at radius 2 is 2.58 bits per heavy atom. The van der Waals surface area contributed by atoms with Gasteiger partial charge in [0, 0.05) is 18.0 Å². The Kier molecular flexibility index (Phi) is 2.11. The lowest BCUT2D eigenvalue weighted by molar-refractivity contribution is 0.684. The third kappa shape index (κ3) is 1.84. The van der Waals surface area contributed by atoms with Crippen molar-refractivity contribution in [2.75, 3.05) is 0 Å². The zero-order chi connectivity index (χ0) is 8.39. The summed E-state index contributed by atoms with van der Waals surface area (Å²) in [5, 5.41) is 6.40. The Balaban J connectivity index is 1.90. The molecular weight excluding hydrogens is 168 g/mol. The number of nitrogens with zero attached hydrogens (tertiary/aromatic N) is 1. The van der Waals surface area contributed by atoms with Crippen LogP contribution in [0.25, 0.3) is 0 Å². The average Bonchev–Trinajstić information content (AvgIpc) is 2.81. The minimum Gasteiger partial charge on any atom is -0.308 e. The van der Waals surface area contributed by atoms with E-state index in [-0.39, 0.29) is 0 Å². The fraction of sp³-hybridized carbons (Fsp3) is 0.444. The van der Waals surface area contributed by atoms with Gasteiger partial charge in [-0.05, 0) is 18.8 Å². The van der Waals surface area contributed by atoms with Gasteiger partial charge in [-0.25, -0.2) is 4.98 Å². The quantitative estimate of drug-likeness (QED) is 0.707. The molecule has 0 saturated heterocycles. The van der Waals surface area contributed by atoms with Crippen LogP contribution in [-0.2, 0) is 6.54 Å². The van der Waals surface area contributed by atoms with E-state index in [1.165, 1.54) is 12.8 Å². The van der Waals surface area contributed by atoms with E-state index >= 15 is 0 Å². The van der Waals surface area contributed by atoms with E-state index in [0.29, 0.717) is 0 Å². The highest BCUT2D eigenvalue weighted by Crippen LogP contribution is 2.19. The molecule has 1 aliphatic rings. The Labute approximate surface area is 76.0 Å². The zero-order valence-electron chi connectivity index (χ0n) is 6.71. The number of aromatic nitrogens is 1. The molecule has 0 unspecified atom stereocenters. The first-order valence-corrected chi connectivity index (χ1v) is 4.91. The number of rotatable bonds is 3. The Morgan fingerprint density at radius 1 is 1.75 bits per heavy atom. The molecule has 0 amide bonds. The maximum Gasteiger partial charge on any atom is 0.124 e. The SMILES string of the molecule is C#Cc1csc(CNC2CC2)n1. The maximum absolute atomic E-state index is 5.21. The first-order valence-electron chi connectivity index (χ1n) is 4.03. The number of nitrogens with one attached hydrogen (secondary N) is 1. The zero-order valence-corrected chi connectivity index (χ0v) is 7.53. The average molecular weight is 178 g/mol. The lowest BCUT2D eigenvalue weighted by atomic mass is 10.5. The molecule has 0 aliphatic heterocycles. The van der Waals surface area contributed by atoms with Crippen LogP contribution in [0, 0.1) is 12.3 Å². The number of hydrogen-bond acceptors (Lipinski definition) is 3. The van der Waals surface area contributed by atoms with Crippen LogP contribution < -0.4 is 5.32 Å². The summed E-state index contributed by atoms with van der Waals surface area (Å²) in [6.45, 7) is 0.872. The van der Waals surface area contributed by atoms with Gasteiger partial charge in [0.25, 0.3) is 0 Å². The number of terminal acetylenes is 1. The standard InChI is InChI=1S/C9H10N2S/c1-2-7-6-12-9(11-7)5-10-8-3-4-8/h1,6,8,10H,3-5H2. The Hall–Kier alpha value is -0.850. The molecule has 2 rings (SSSR count). The summed E-state index contributed by atoms with van der Waals surface area (Å²) in [4.78, 5) is 4.25. The molecule has 0 aromatic carbocycles. The fourth-order valence-electron chi connectivity index (χ4n) is 0.977. The number of thiazole rings is 1. The molecule has 0 spiro atoms. The third-order valence-electron chi connectivity index (χ3n) is 1.82. The molecule has 12 heavy (non-hydrogen) atoms. The second-order valence-electron chi connectivity index (χ2n) is 2.93. The minimum atomic E-state index is 0.739. The predicted octanol–water partition coefficient (Wildman–Crippen LogP) is 1.38. The van der Waals surface area contributed by atoms with Crippen molar-refractivity contribution in [3.63, 3.8) is 0 Å². The molecule has 1 saturated carbocycles. The topological polar surface area (TPSA) is 24.9 Å². The molecule has 1 N–H and O–H groups in total. The fourth-order valence-corrected chi connectivity index (χ4v) is 1.66. The van der Waals surface area contributed by atoms with E-state index < -0.39 is 0 Å². The summed E-state index contributed by atoms with van der Waals surface area (Å²) in [7, 11) is 0. The van der Waals surface area contributed by atoms with E-state index in [1.54, 1.807) is 11.3 Å². The van der Waals surface area contributed by atoms with Gasteiger partial charge in [-0.2, -0.15) is 0 Å². The van der Waals surface area contributed by atoms with Crippen LogP contribution >= 0.6 is 11.3 Å². The Bertz CT molecular complexity index is 307. The summed E-state index contributed by atoms with van der Waals surface area (Å²) in [6, 6.07) is 0.739. The molecule has 1 aromatic rings. The van der Waals surface area contributed by atoms with Crippen molar-refractivity contribution < 1.29 is 0 Å². The van der Waals surface area contributed by atoms with Gasteiger partial charge in [0.05, 0.1) is 0 Å². The van der Waals surface area contributed by atoms with Gasteiger partial charge in [0.2, 0.25) is 0 Å². The normalized spacial score (nSPS) is 15.9. The van der Waals surface area contributed by atoms with E-state index in [4.69, 9.17) is 6.42 Å². The van der Waals surface area contributed by atoms with Gasteiger partial charge < -0.3 is 5.32 Å². The molecule has 0 radical (unpaired) electrons. The van der Waals surface area contributed by atoms with Crippen molar-refractivity contribution in [1.29, 1.82) is 0 Å². The molecule has 3 heteroatoms. The maximum atomic E-state index is 5.21. The van der Waals surface area contributed by atoms with Gasteiger partial charge in [0.15, 0.2) is 0 Å². The van der Waals surface area contributed by atoms with Crippen molar-refractivity contribution >= 4 is 11.3 Å².